The number of amides is 1. The number of benzene rings is 1. The third-order valence-corrected chi connectivity index (χ3v) is 2.43. The Bertz CT molecular complexity index is 383. The second-order valence-electron chi connectivity index (χ2n) is 3.34. The molecule has 1 N–H and O–H groups in total. The smallest absolute Gasteiger partial charge is 0.243 e. The minimum absolute atomic E-state index is 0.0831. The number of halogens is 1. The second kappa shape index (κ2) is 6.13. The van der Waals surface area contributed by atoms with Crippen molar-refractivity contribution in [3.8, 4) is 0 Å². The highest BCUT2D eigenvalue weighted by molar-refractivity contribution is 6.30. The monoisotopic (exact) mass is 235 g/mol. The molecule has 16 heavy (non-hydrogen) atoms. The van der Waals surface area contributed by atoms with E-state index in [4.69, 9.17) is 11.6 Å². The number of carbonyl (C=O) groups excluding carboxylic acids is 1. The molecule has 1 rings (SSSR count). The molecule has 0 aliphatic carbocycles. The molecule has 0 fully saturated rings. The molecule has 0 unspecified atom stereocenters. The van der Waals surface area contributed by atoms with E-state index >= 15 is 0 Å². The van der Waals surface area contributed by atoms with Gasteiger partial charge in [0.25, 0.3) is 0 Å². The van der Waals surface area contributed by atoms with E-state index < -0.39 is 0 Å². The molecule has 0 saturated heterocycles. The first kappa shape index (κ1) is 12.5. The fraction of sp³-hybridized carbons (Fsp3) is 0.154. The Morgan fingerprint density at radius 3 is 2.50 bits per heavy atom. The third-order valence-electron chi connectivity index (χ3n) is 2.18. The van der Waals surface area contributed by atoms with Gasteiger partial charge in [-0.2, -0.15) is 0 Å². The summed E-state index contributed by atoms with van der Waals surface area (Å²) in [6.07, 6.45) is 3.69. The first-order valence-electron chi connectivity index (χ1n) is 4.96. The van der Waals surface area contributed by atoms with Crippen molar-refractivity contribution in [2.24, 2.45) is 0 Å². The van der Waals surface area contributed by atoms with E-state index in [0.29, 0.717) is 11.4 Å². The maximum Gasteiger partial charge on any atom is 0.243 e. The van der Waals surface area contributed by atoms with Crippen molar-refractivity contribution < 1.29 is 4.79 Å². The Morgan fingerprint density at radius 2 is 2.00 bits per heavy atom. The zero-order chi connectivity index (χ0) is 12.0. The largest absolute Gasteiger partial charge is 0.345 e. The van der Waals surface area contributed by atoms with Gasteiger partial charge in [0.05, 0.1) is 6.04 Å². The lowest BCUT2D eigenvalue weighted by molar-refractivity contribution is -0.117. The van der Waals surface area contributed by atoms with Crippen LogP contribution in [0.25, 0.3) is 0 Å². The second-order valence-corrected chi connectivity index (χ2v) is 3.78. The van der Waals surface area contributed by atoms with Crippen LogP contribution in [0.15, 0.2) is 49.6 Å². The lowest BCUT2D eigenvalue weighted by atomic mass is 10.0. The summed E-state index contributed by atoms with van der Waals surface area (Å²) in [6, 6.07) is 7.29. The van der Waals surface area contributed by atoms with Crippen LogP contribution >= 0.6 is 11.6 Å². The van der Waals surface area contributed by atoms with Gasteiger partial charge in [-0.25, -0.2) is 0 Å². The number of rotatable bonds is 5. The van der Waals surface area contributed by atoms with Gasteiger partial charge in [0.15, 0.2) is 0 Å². The highest BCUT2D eigenvalue weighted by Gasteiger charge is 2.10. The maximum atomic E-state index is 11.2. The summed E-state index contributed by atoms with van der Waals surface area (Å²) in [5.41, 5.74) is 1.000. The first-order chi connectivity index (χ1) is 7.67. The highest BCUT2D eigenvalue weighted by atomic mass is 35.5. The lowest BCUT2D eigenvalue weighted by Gasteiger charge is -2.16. The summed E-state index contributed by atoms with van der Waals surface area (Å²) in [6.45, 7) is 7.10. The average molecular weight is 236 g/mol. The van der Waals surface area contributed by atoms with Crippen molar-refractivity contribution in [3.63, 3.8) is 0 Å². The first-order valence-corrected chi connectivity index (χ1v) is 5.34. The molecule has 1 amide bonds. The fourth-order valence-corrected chi connectivity index (χ4v) is 1.50. The van der Waals surface area contributed by atoms with E-state index in [0.717, 1.165) is 5.56 Å². The van der Waals surface area contributed by atoms with Crippen LogP contribution in [0.4, 0.5) is 0 Å². The summed E-state index contributed by atoms with van der Waals surface area (Å²) in [4.78, 5) is 11.2. The van der Waals surface area contributed by atoms with Gasteiger partial charge < -0.3 is 5.32 Å². The van der Waals surface area contributed by atoms with Crippen LogP contribution in [-0.4, -0.2) is 5.91 Å². The van der Waals surface area contributed by atoms with Crippen molar-refractivity contribution in [2.45, 2.75) is 12.5 Å². The van der Waals surface area contributed by atoms with Gasteiger partial charge in [-0.15, -0.1) is 6.58 Å². The van der Waals surface area contributed by atoms with Crippen molar-refractivity contribution in [2.75, 3.05) is 0 Å². The van der Waals surface area contributed by atoms with Gasteiger partial charge in [0, 0.05) is 5.02 Å². The van der Waals surface area contributed by atoms with Gasteiger partial charge in [0.1, 0.15) is 0 Å². The molecule has 0 aromatic heterocycles. The van der Waals surface area contributed by atoms with Gasteiger partial charge in [-0.05, 0) is 30.2 Å². The topological polar surface area (TPSA) is 29.1 Å². The summed E-state index contributed by atoms with van der Waals surface area (Å²) in [5, 5.41) is 3.51. The molecule has 2 nitrogen and oxygen atoms in total. The van der Waals surface area contributed by atoms with E-state index in [1.807, 2.05) is 12.1 Å². The summed E-state index contributed by atoms with van der Waals surface area (Å²) >= 11 is 5.80. The maximum absolute atomic E-state index is 11.2. The molecule has 84 valence electrons. The van der Waals surface area contributed by atoms with Crippen molar-refractivity contribution >= 4 is 17.5 Å². The summed E-state index contributed by atoms with van der Waals surface area (Å²) in [7, 11) is 0. The van der Waals surface area contributed by atoms with E-state index in [1.165, 1.54) is 6.08 Å². The molecule has 0 bridgehead atoms. The molecular weight excluding hydrogens is 222 g/mol. The minimum Gasteiger partial charge on any atom is -0.345 e. The van der Waals surface area contributed by atoms with Crippen LogP contribution in [0.1, 0.15) is 18.0 Å². The zero-order valence-corrected chi connectivity index (χ0v) is 9.70. The Morgan fingerprint density at radius 1 is 1.38 bits per heavy atom. The Balaban J connectivity index is 2.83. The molecule has 1 aromatic rings. The Hall–Kier alpha value is -1.54. The summed E-state index contributed by atoms with van der Waals surface area (Å²) in [5.74, 6) is -0.193. The van der Waals surface area contributed by atoms with Gasteiger partial charge in [-0.1, -0.05) is 36.4 Å². The average Bonchev–Trinajstić information content (AvgIpc) is 2.29. The molecule has 0 aliphatic heterocycles. The molecule has 1 aromatic carbocycles. The standard InChI is InChI=1S/C13H14ClNO/c1-3-5-12(15-13(16)4-2)10-6-8-11(14)9-7-10/h3-4,6-9,12H,1-2,5H2,(H,15,16)/t12-/m0/s1. The van der Waals surface area contributed by atoms with Gasteiger partial charge >= 0.3 is 0 Å². The normalized spacial score (nSPS) is 11.6. The quantitative estimate of drug-likeness (QED) is 0.616. The molecule has 0 radical (unpaired) electrons. The Kier molecular flexibility index (Phi) is 4.80. The van der Waals surface area contributed by atoms with Crippen LogP contribution in [0.2, 0.25) is 5.02 Å². The molecule has 1 atom stereocenters. The van der Waals surface area contributed by atoms with Crippen LogP contribution in [0.5, 0.6) is 0 Å². The number of carbonyl (C=O) groups is 1. The Labute approximate surface area is 101 Å². The van der Waals surface area contributed by atoms with E-state index in [9.17, 15) is 4.79 Å². The molecular formula is C13H14ClNO. The van der Waals surface area contributed by atoms with Crippen molar-refractivity contribution in [3.05, 3.63) is 60.2 Å². The van der Waals surface area contributed by atoms with Crippen LogP contribution in [0, 0.1) is 0 Å². The van der Waals surface area contributed by atoms with E-state index in [1.54, 1.807) is 18.2 Å². The molecule has 0 saturated carbocycles. The molecule has 0 heterocycles. The highest BCUT2D eigenvalue weighted by Crippen LogP contribution is 2.19. The molecule has 0 spiro atoms. The van der Waals surface area contributed by atoms with E-state index in [-0.39, 0.29) is 11.9 Å². The molecule has 3 heteroatoms. The zero-order valence-electron chi connectivity index (χ0n) is 8.95. The number of hydrogen-bond acceptors (Lipinski definition) is 1. The predicted molar refractivity (Wildman–Crippen MR) is 67.3 cm³/mol. The van der Waals surface area contributed by atoms with Gasteiger partial charge in [0.2, 0.25) is 5.91 Å². The minimum atomic E-state index is -0.193. The predicted octanol–water partition coefficient (Wildman–Crippen LogP) is 3.26. The van der Waals surface area contributed by atoms with Gasteiger partial charge in [-0.3, -0.25) is 4.79 Å². The van der Waals surface area contributed by atoms with E-state index in [2.05, 4.69) is 18.5 Å². The fourth-order valence-electron chi connectivity index (χ4n) is 1.37. The number of nitrogens with one attached hydrogen (secondary N) is 1. The van der Waals surface area contributed by atoms with Crippen LogP contribution in [0.3, 0.4) is 0 Å². The van der Waals surface area contributed by atoms with Crippen molar-refractivity contribution in [1.82, 2.24) is 5.32 Å². The van der Waals surface area contributed by atoms with Crippen LogP contribution in [-0.2, 0) is 4.79 Å². The SMILES string of the molecule is C=CC[C@H](NC(=O)C=C)c1ccc(Cl)cc1. The molecule has 0 aliphatic rings. The third kappa shape index (κ3) is 3.55. The summed E-state index contributed by atoms with van der Waals surface area (Å²) < 4.78 is 0. The van der Waals surface area contributed by atoms with Crippen LogP contribution < -0.4 is 5.32 Å². The van der Waals surface area contributed by atoms with Crippen molar-refractivity contribution in [1.29, 1.82) is 0 Å². The lowest BCUT2D eigenvalue weighted by Crippen LogP contribution is -2.26. The number of hydrogen-bond donors (Lipinski definition) is 1.